The van der Waals surface area contributed by atoms with Gasteiger partial charge in [0.1, 0.15) is 0 Å². The fraction of sp³-hybridized carbons (Fsp3) is 0. The van der Waals surface area contributed by atoms with Gasteiger partial charge in [-0.25, -0.2) is 0 Å². The number of rotatable bonds is 0. The molecule has 0 atom stereocenters. The fourth-order valence-corrected chi connectivity index (χ4v) is 0. The minimum absolute atomic E-state index is 0. The molecule has 7 heteroatoms. The molecule has 0 saturated heterocycles. The summed E-state index contributed by atoms with van der Waals surface area (Å²) in [5, 5.41) is 0. The molecule has 0 fully saturated rings. The second-order valence-corrected chi connectivity index (χ2v) is 1.44. The summed E-state index contributed by atoms with van der Waals surface area (Å²) < 4.78 is 10.2. The molecule has 0 N–H and O–H groups in total. The Morgan fingerprint density at radius 2 is 1.14 bits per heavy atom. The van der Waals surface area contributed by atoms with Crippen LogP contribution in [-0.2, 0) is 17.1 Å². The van der Waals surface area contributed by atoms with Gasteiger partial charge in [-0.2, -0.15) is 0 Å². The zero-order valence-corrected chi connectivity index (χ0v) is 5.66. The van der Waals surface area contributed by atoms with Gasteiger partial charge >= 0.3 is 35.9 Å². The van der Waals surface area contributed by atoms with Gasteiger partial charge in [0.25, 0.3) is 0 Å². The second-order valence-electron chi connectivity index (χ2n) is 0.481. The molecule has 0 spiro atoms. The predicted molar refractivity (Wildman–Crippen MR) is 6.86 cm³/mol. The van der Waals surface area contributed by atoms with Crippen molar-refractivity contribution in [2.24, 2.45) is 0 Å². The minimum atomic E-state index is -5.86. The van der Waals surface area contributed by atoms with Crippen molar-refractivity contribution < 1.29 is 54.4 Å². The summed E-state index contributed by atoms with van der Waals surface area (Å²) in [7, 11) is -5.86. The Morgan fingerprint density at radius 1 is 1.14 bits per heavy atom. The monoisotopic (exact) mass is 157 g/mol. The van der Waals surface area contributed by atoms with Crippen LogP contribution in [0.1, 0.15) is 0 Å². The summed E-state index contributed by atoms with van der Waals surface area (Å²) in [4.78, 5) is 25.4. The van der Waals surface area contributed by atoms with Crippen LogP contribution in [0.25, 0.3) is 0 Å². The van der Waals surface area contributed by atoms with Crippen molar-refractivity contribution in [3.8, 4) is 0 Å². The maximum atomic E-state index is 10.2. The SMILES string of the molecule is [Li+].[Mn+2].[O-][Si]([O-])([O-])F. The molecule has 0 aliphatic carbocycles. The minimum Gasteiger partial charge on any atom is -0.857 e. The first-order valence-corrected chi connectivity index (χ1v) is 2.40. The molecule has 0 saturated carbocycles. The zero-order valence-electron chi connectivity index (χ0n) is 3.48. The van der Waals surface area contributed by atoms with Gasteiger partial charge in [0.05, 0.1) is 0 Å². The summed E-state index contributed by atoms with van der Waals surface area (Å²) in [6.45, 7) is 0. The van der Waals surface area contributed by atoms with E-state index in [-0.39, 0.29) is 35.9 Å². The van der Waals surface area contributed by atoms with Gasteiger partial charge < -0.3 is 18.5 Å². The van der Waals surface area contributed by atoms with Crippen LogP contribution in [0.5, 0.6) is 0 Å². The van der Waals surface area contributed by atoms with Crippen molar-refractivity contribution in [2.45, 2.75) is 0 Å². The first kappa shape index (κ1) is 15.7. The van der Waals surface area contributed by atoms with E-state index < -0.39 is 9.14 Å². The largest absolute Gasteiger partial charge is 2.00 e. The quantitative estimate of drug-likeness (QED) is 0.259. The van der Waals surface area contributed by atoms with Crippen LogP contribution in [0, 0.1) is 0 Å². The van der Waals surface area contributed by atoms with E-state index in [2.05, 4.69) is 0 Å². The normalized spacial score (nSPS) is 8.57. The molecule has 3 nitrogen and oxygen atoms in total. The van der Waals surface area contributed by atoms with Gasteiger partial charge in [0.2, 0.25) is 0 Å². The third-order valence-corrected chi connectivity index (χ3v) is 0. The van der Waals surface area contributed by atoms with E-state index in [1.54, 1.807) is 0 Å². The smallest absolute Gasteiger partial charge is 0.857 e. The maximum Gasteiger partial charge on any atom is 2.00 e. The van der Waals surface area contributed by atoms with Gasteiger partial charge in [0, 0.05) is 0 Å². The van der Waals surface area contributed by atoms with E-state index in [1.165, 1.54) is 0 Å². The Morgan fingerprint density at radius 3 is 1.14 bits per heavy atom. The van der Waals surface area contributed by atoms with E-state index in [0.29, 0.717) is 0 Å². The molecular formula is FLiMnO3Si. The van der Waals surface area contributed by atoms with Gasteiger partial charge in [0.15, 0.2) is 0 Å². The zero-order chi connectivity index (χ0) is 4.50. The molecular weight excluding hydrogens is 157 g/mol. The molecule has 0 rings (SSSR count). The van der Waals surface area contributed by atoms with Crippen LogP contribution in [0.4, 0.5) is 4.11 Å². The van der Waals surface area contributed by atoms with Crippen molar-refractivity contribution in [3.63, 3.8) is 0 Å². The van der Waals surface area contributed by atoms with E-state index >= 15 is 0 Å². The maximum absolute atomic E-state index is 10.2. The Kier molecular flexibility index (Phi) is 11.9. The molecule has 0 unspecified atom stereocenters. The summed E-state index contributed by atoms with van der Waals surface area (Å²) in [5.74, 6) is 0. The second kappa shape index (κ2) is 5.28. The van der Waals surface area contributed by atoms with E-state index in [9.17, 15) is 4.11 Å². The Hall–Kier alpha value is 1.14. The average molecular weight is 157 g/mol. The van der Waals surface area contributed by atoms with Crippen molar-refractivity contribution in [3.05, 3.63) is 0 Å². The predicted octanol–water partition coefficient (Wildman–Crippen LogP) is -6.53. The number of halogens is 1. The summed E-state index contributed by atoms with van der Waals surface area (Å²) in [6, 6.07) is 0. The molecule has 0 aromatic carbocycles. The summed E-state index contributed by atoms with van der Waals surface area (Å²) in [5.41, 5.74) is 0. The molecule has 7 heavy (non-hydrogen) atoms. The van der Waals surface area contributed by atoms with Gasteiger partial charge in [-0.05, 0) is 0 Å². The van der Waals surface area contributed by atoms with Crippen LogP contribution < -0.4 is 33.2 Å². The van der Waals surface area contributed by atoms with Crippen LogP contribution in [0.15, 0.2) is 0 Å². The van der Waals surface area contributed by atoms with Crippen molar-refractivity contribution in [2.75, 3.05) is 0 Å². The first-order valence-electron chi connectivity index (χ1n) is 0.801. The van der Waals surface area contributed by atoms with Crippen LogP contribution in [-0.4, -0.2) is 9.14 Å². The standard InChI is InChI=1S/FO3Si.Li.Mn/c1-5(2,3)4;;/q-3;+1;+2. The average Bonchev–Trinajstić information content (AvgIpc) is 0.722. The van der Waals surface area contributed by atoms with Crippen molar-refractivity contribution in [1.29, 1.82) is 0 Å². The first-order chi connectivity index (χ1) is 2.00. The molecule has 1 radical (unpaired) electrons. The molecule has 0 heterocycles. The fourth-order valence-electron chi connectivity index (χ4n) is 0. The Bertz CT molecular complexity index is 30.4. The van der Waals surface area contributed by atoms with Crippen LogP contribution in [0.2, 0.25) is 0 Å². The van der Waals surface area contributed by atoms with Crippen molar-refractivity contribution in [1.82, 2.24) is 0 Å². The Labute approximate surface area is 63.7 Å². The van der Waals surface area contributed by atoms with Crippen LogP contribution in [0.3, 0.4) is 0 Å². The molecule has 0 aliphatic rings. The van der Waals surface area contributed by atoms with E-state index in [0.717, 1.165) is 0 Å². The number of hydrogen-bond acceptors (Lipinski definition) is 3. The Balaban J connectivity index is -0.0000000800. The topological polar surface area (TPSA) is 69.2 Å². The number of hydrogen-bond donors (Lipinski definition) is 0. The molecule has 0 bridgehead atoms. The molecule has 0 amide bonds. The summed E-state index contributed by atoms with van der Waals surface area (Å²) >= 11 is 0. The van der Waals surface area contributed by atoms with E-state index in [4.69, 9.17) is 14.4 Å². The van der Waals surface area contributed by atoms with Gasteiger partial charge in [-0.3, -0.25) is 0 Å². The van der Waals surface area contributed by atoms with Gasteiger partial charge in [-0.1, -0.05) is 9.14 Å². The summed E-state index contributed by atoms with van der Waals surface area (Å²) in [6.07, 6.45) is 0. The van der Waals surface area contributed by atoms with Gasteiger partial charge in [-0.15, -0.1) is 0 Å². The third-order valence-electron chi connectivity index (χ3n) is 0. The molecule has 0 aliphatic heterocycles. The molecule has 37 valence electrons. The molecule has 0 aromatic rings. The third kappa shape index (κ3) is 144. The van der Waals surface area contributed by atoms with E-state index in [1.807, 2.05) is 0 Å². The van der Waals surface area contributed by atoms with Crippen molar-refractivity contribution >= 4 is 9.14 Å². The molecule has 0 aromatic heterocycles. The van der Waals surface area contributed by atoms with Crippen LogP contribution >= 0.6 is 0 Å².